The molecule has 3 atom stereocenters. The van der Waals surface area contributed by atoms with Crippen molar-refractivity contribution in [2.45, 2.75) is 57.0 Å². The maximum absolute atomic E-state index is 13.4. The predicted octanol–water partition coefficient (Wildman–Crippen LogP) is 3.81. The highest BCUT2D eigenvalue weighted by atomic mass is 19.1. The minimum absolute atomic E-state index is 0.00710. The molecular formula is C31H43FN4O4. The predicted molar refractivity (Wildman–Crippen MR) is 154 cm³/mol. The quantitative estimate of drug-likeness (QED) is 0.367. The molecule has 2 N–H and O–H groups in total. The van der Waals surface area contributed by atoms with Crippen LogP contribution >= 0.6 is 0 Å². The summed E-state index contributed by atoms with van der Waals surface area (Å²) in [6, 6.07) is 10.8. The van der Waals surface area contributed by atoms with Crippen molar-refractivity contribution in [2.75, 3.05) is 53.5 Å². The van der Waals surface area contributed by atoms with Crippen LogP contribution in [0.2, 0.25) is 0 Å². The summed E-state index contributed by atoms with van der Waals surface area (Å²) in [6.45, 7) is 9.12. The van der Waals surface area contributed by atoms with Gasteiger partial charge in [0.2, 0.25) is 5.91 Å². The fourth-order valence-corrected chi connectivity index (χ4v) is 5.57. The fourth-order valence-electron chi connectivity index (χ4n) is 5.57. The topological polar surface area (TPSA) is 83.1 Å². The van der Waals surface area contributed by atoms with Gasteiger partial charge in [0.15, 0.2) is 0 Å². The molecule has 8 nitrogen and oxygen atoms in total. The molecule has 1 saturated carbocycles. The van der Waals surface area contributed by atoms with Gasteiger partial charge in [-0.3, -0.25) is 9.59 Å². The number of nitrogens with one attached hydrogen (secondary N) is 2. The zero-order chi connectivity index (χ0) is 28.7. The lowest BCUT2D eigenvalue weighted by molar-refractivity contribution is -0.135. The summed E-state index contributed by atoms with van der Waals surface area (Å²) in [5, 5.41) is 6.63. The van der Waals surface area contributed by atoms with Gasteiger partial charge in [0.05, 0.1) is 14.2 Å². The molecule has 2 amide bonds. The molecule has 40 heavy (non-hydrogen) atoms. The molecule has 9 heteroatoms. The molecule has 0 spiro atoms. The third-order valence-corrected chi connectivity index (χ3v) is 8.34. The van der Waals surface area contributed by atoms with Crippen LogP contribution in [0, 0.1) is 5.82 Å². The van der Waals surface area contributed by atoms with Crippen LogP contribution in [0.1, 0.15) is 61.4 Å². The van der Waals surface area contributed by atoms with Crippen molar-refractivity contribution in [1.29, 1.82) is 0 Å². The molecule has 0 bridgehead atoms. The molecule has 4 rings (SSSR count). The third kappa shape index (κ3) is 7.31. The maximum Gasteiger partial charge on any atom is 0.251 e. The van der Waals surface area contributed by atoms with Crippen LogP contribution in [0.3, 0.4) is 0 Å². The first-order valence-electron chi connectivity index (χ1n) is 14.3. The van der Waals surface area contributed by atoms with E-state index < -0.39 is 11.9 Å². The summed E-state index contributed by atoms with van der Waals surface area (Å²) in [5.74, 6) is 1.18. The number of hydrogen-bond donors (Lipinski definition) is 2. The smallest absolute Gasteiger partial charge is 0.251 e. The van der Waals surface area contributed by atoms with Gasteiger partial charge in [-0.2, -0.15) is 0 Å². The first-order valence-corrected chi connectivity index (χ1v) is 14.3. The van der Waals surface area contributed by atoms with Gasteiger partial charge in [-0.25, -0.2) is 4.39 Å². The number of amides is 2. The lowest BCUT2D eigenvalue weighted by Crippen LogP contribution is -2.54. The number of ether oxygens (including phenoxy) is 2. The monoisotopic (exact) mass is 554 g/mol. The summed E-state index contributed by atoms with van der Waals surface area (Å²) in [4.78, 5) is 30.5. The van der Waals surface area contributed by atoms with Gasteiger partial charge >= 0.3 is 0 Å². The SMILES string of the molecule is CCN1CCN(C(=O)C(CCCCNC2(C)CC2c2ccc(OC)cc2OC)NC(=O)c2ccc(F)cc2)CC1. The summed E-state index contributed by atoms with van der Waals surface area (Å²) in [5.41, 5.74) is 1.52. The Kier molecular flexibility index (Phi) is 10.0. The van der Waals surface area contributed by atoms with E-state index in [2.05, 4.69) is 35.4 Å². The Morgan fingerprint density at radius 1 is 1.05 bits per heavy atom. The highest BCUT2D eigenvalue weighted by molar-refractivity contribution is 5.97. The molecule has 0 radical (unpaired) electrons. The summed E-state index contributed by atoms with van der Waals surface area (Å²) in [6.07, 6.45) is 3.23. The largest absolute Gasteiger partial charge is 0.497 e. The van der Waals surface area contributed by atoms with Crippen molar-refractivity contribution in [2.24, 2.45) is 0 Å². The van der Waals surface area contributed by atoms with Crippen molar-refractivity contribution in [1.82, 2.24) is 20.4 Å². The van der Waals surface area contributed by atoms with Crippen LogP contribution in [0.25, 0.3) is 0 Å². The second-order valence-corrected chi connectivity index (χ2v) is 11.0. The van der Waals surface area contributed by atoms with Gasteiger partial charge < -0.3 is 29.9 Å². The number of nitrogens with zero attached hydrogens (tertiary/aromatic N) is 2. The molecular weight excluding hydrogens is 511 g/mol. The van der Waals surface area contributed by atoms with E-state index >= 15 is 0 Å². The molecule has 1 heterocycles. The number of rotatable bonds is 13. The van der Waals surface area contributed by atoms with E-state index in [1.807, 2.05) is 17.0 Å². The number of benzene rings is 2. The van der Waals surface area contributed by atoms with Gasteiger partial charge in [-0.05, 0) is 81.6 Å². The Morgan fingerprint density at radius 2 is 1.77 bits per heavy atom. The highest BCUT2D eigenvalue weighted by Crippen LogP contribution is 2.54. The zero-order valence-corrected chi connectivity index (χ0v) is 24.2. The van der Waals surface area contributed by atoms with E-state index in [4.69, 9.17) is 9.47 Å². The van der Waals surface area contributed by atoms with E-state index in [0.29, 0.717) is 31.0 Å². The second-order valence-electron chi connectivity index (χ2n) is 11.0. The number of halogens is 1. The van der Waals surface area contributed by atoms with Crippen LogP contribution in [0.4, 0.5) is 4.39 Å². The zero-order valence-electron chi connectivity index (χ0n) is 24.2. The first-order chi connectivity index (χ1) is 19.3. The minimum atomic E-state index is -0.612. The van der Waals surface area contributed by atoms with Crippen LogP contribution in [0.15, 0.2) is 42.5 Å². The Hall–Kier alpha value is -3.17. The van der Waals surface area contributed by atoms with Crippen LogP contribution in [-0.4, -0.2) is 86.7 Å². The summed E-state index contributed by atoms with van der Waals surface area (Å²) < 4.78 is 24.3. The van der Waals surface area contributed by atoms with Gasteiger partial charge in [0, 0.05) is 49.3 Å². The van der Waals surface area contributed by atoms with E-state index in [0.717, 1.165) is 56.9 Å². The normalized spacial score (nSPS) is 21.5. The number of likely N-dealkylation sites (N-methyl/N-ethyl adjacent to an activating group) is 1. The molecule has 2 fully saturated rings. The van der Waals surface area contributed by atoms with Crippen LogP contribution in [-0.2, 0) is 4.79 Å². The maximum atomic E-state index is 13.4. The van der Waals surface area contributed by atoms with Crippen LogP contribution < -0.4 is 20.1 Å². The van der Waals surface area contributed by atoms with E-state index in [9.17, 15) is 14.0 Å². The molecule has 3 unspecified atom stereocenters. The van der Waals surface area contributed by atoms with Crippen molar-refractivity contribution in [3.63, 3.8) is 0 Å². The minimum Gasteiger partial charge on any atom is -0.497 e. The van der Waals surface area contributed by atoms with Crippen molar-refractivity contribution in [3.05, 3.63) is 59.4 Å². The summed E-state index contributed by atoms with van der Waals surface area (Å²) in [7, 11) is 3.33. The van der Waals surface area contributed by atoms with Gasteiger partial charge in [0.1, 0.15) is 23.4 Å². The lowest BCUT2D eigenvalue weighted by Gasteiger charge is -2.36. The van der Waals surface area contributed by atoms with Crippen LogP contribution in [0.5, 0.6) is 11.5 Å². The Morgan fingerprint density at radius 3 is 2.42 bits per heavy atom. The Balaban J connectivity index is 1.30. The average Bonchev–Trinajstić information content (AvgIpc) is 3.66. The molecule has 0 aromatic heterocycles. The second kappa shape index (κ2) is 13.5. The fraction of sp³-hybridized carbons (Fsp3) is 0.548. The van der Waals surface area contributed by atoms with Crippen molar-refractivity contribution < 1.29 is 23.5 Å². The molecule has 2 aromatic carbocycles. The van der Waals surface area contributed by atoms with Gasteiger partial charge in [-0.15, -0.1) is 0 Å². The Labute approximate surface area is 237 Å². The van der Waals surface area contributed by atoms with Gasteiger partial charge in [-0.1, -0.05) is 13.0 Å². The van der Waals surface area contributed by atoms with E-state index in [1.54, 1.807) is 14.2 Å². The number of methoxy groups -OCH3 is 2. The highest BCUT2D eigenvalue weighted by Gasteiger charge is 2.51. The molecule has 1 aliphatic heterocycles. The standard InChI is InChI=1S/C31H43FN4O4/c1-5-35-16-18-36(19-17-35)30(38)27(34-29(37)22-9-11-23(32)12-10-22)8-6-7-15-33-31(2)21-26(31)25-14-13-24(39-3)20-28(25)40-4/h9-14,20,26-27,33H,5-8,15-19,21H2,1-4H3,(H,34,37). The number of piperazine rings is 1. The molecule has 2 aromatic rings. The Bertz CT molecular complexity index is 1150. The number of hydrogen-bond acceptors (Lipinski definition) is 6. The first kappa shape index (κ1) is 29.8. The van der Waals surface area contributed by atoms with Crippen molar-refractivity contribution in [3.8, 4) is 11.5 Å². The van der Waals surface area contributed by atoms with Gasteiger partial charge in [0.25, 0.3) is 5.91 Å². The summed E-state index contributed by atoms with van der Waals surface area (Å²) >= 11 is 0. The third-order valence-electron chi connectivity index (χ3n) is 8.34. The number of carbonyl (C=O) groups excluding carboxylic acids is 2. The molecule has 218 valence electrons. The average molecular weight is 555 g/mol. The van der Waals surface area contributed by atoms with Crippen molar-refractivity contribution >= 4 is 11.8 Å². The number of unbranched alkanes of at least 4 members (excludes halogenated alkanes) is 1. The molecule has 1 aliphatic carbocycles. The molecule has 2 aliphatic rings. The van der Waals surface area contributed by atoms with E-state index in [-0.39, 0.29) is 17.4 Å². The lowest BCUT2D eigenvalue weighted by atomic mass is 10.0. The molecule has 1 saturated heterocycles. The number of carbonyl (C=O) groups is 2. The van der Waals surface area contributed by atoms with E-state index in [1.165, 1.54) is 29.8 Å².